The van der Waals surface area contributed by atoms with Crippen molar-refractivity contribution in [3.05, 3.63) is 52.4 Å². The van der Waals surface area contributed by atoms with Gasteiger partial charge in [-0.05, 0) is 31.4 Å². The van der Waals surface area contributed by atoms with E-state index in [0.717, 1.165) is 18.7 Å². The summed E-state index contributed by atoms with van der Waals surface area (Å²) in [5.74, 6) is 1.09. The highest BCUT2D eigenvalue weighted by Gasteiger charge is 2.12. The van der Waals surface area contributed by atoms with Crippen LogP contribution in [0, 0.1) is 12.8 Å². The molecule has 0 saturated carbocycles. The zero-order valence-electron chi connectivity index (χ0n) is 15.7. The summed E-state index contributed by atoms with van der Waals surface area (Å²) >= 11 is 0. The largest absolute Gasteiger partial charge is 0.497 e. The molecule has 1 aromatic carbocycles. The first-order valence-corrected chi connectivity index (χ1v) is 8.67. The van der Waals surface area contributed by atoms with Crippen LogP contribution in [0.3, 0.4) is 0 Å². The highest BCUT2D eigenvalue weighted by atomic mass is 16.5. The number of carbonyl (C=O) groups excluding carboxylic acids is 1. The molecule has 140 valence electrons. The van der Waals surface area contributed by atoms with Gasteiger partial charge in [0.1, 0.15) is 5.75 Å². The molecule has 2 aromatic rings. The van der Waals surface area contributed by atoms with Gasteiger partial charge in [-0.2, -0.15) is 0 Å². The molecule has 0 radical (unpaired) electrons. The number of ether oxygens (including phenoxy) is 2. The first kappa shape index (κ1) is 19.6. The van der Waals surface area contributed by atoms with Crippen LogP contribution in [0.2, 0.25) is 0 Å². The second kappa shape index (κ2) is 9.08. The third kappa shape index (κ3) is 5.37. The highest BCUT2D eigenvalue weighted by Crippen LogP contribution is 2.17. The van der Waals surface area contributed by atoms with E-state index >= 15 is 0 Å². The number of amides is 1. The minimum absolute atomic E-state index is 0.219. The molecule has 26 heavy (non-hydrogen) atoms. The number of aryl methyl sites for hydroxylation is 1. The Morgan fingerprint density at radius 3 is 2.73 bits per heavy atom. The van der Waals surface area contributed by atoms with Crippen LogP contribution in [-0.2, 0) is 11.3 Å². The standard InChI is InChI=1S/C20H26N2O4/c1-14(2)8-10-22-11-9-18(23)20(15(22)3)26-13-19(24)21-16-6-5-7-17(12-16)25-4/h5-7,9,11-12,14H,8,10,13H2,1-4H3,(H,21,24). The Bertz CT molecular complexity index is 812. The van der Waals surface area contributed by atoms with Crippen molar-refractivity contribution in [3.63, 3.8) is 0 Å². The number of rotatable bonds is 8. The van der Waals surface area contributed by atoms with E-state index < -0.39 is 0 Å². The van der Waals surface area contributed by atoms with Crippen molar-refractivity contribution in [1.82, 2.24) is 4.57 Å². The van der Waals surface area contributed by atoms with Gasteiger partial charge < -0.3 is 19.4 Å². The van der Waals surface area contributed by atoms with Gasteiger partial charge >= 0.3 is 0 Å². The number of hydrogen-bond donors (Lipinski definition) is 1. The summed E-state index contributed by atoms with van der Waals surface area (Å²) in [6, 6.07) is 8.52. The zero-order valence-corrected chi connectivity index (χ0v) is 15.7. The minimum Gasteiger partial charge on any atom is -0.497 e. The Kier molecular flexibility index (Phi) is 6.83. The fourth-order valence-corrected chi connectivity index (χ4v) is 2.50. The molecule has 0 aliphatic heterocycles. The van der Waals surface area contributed by atoms with Gasteiger partial charge in [0.15, 0.2) is 12.4 Å². The van der Waals surface area contributed by atoms with E-state index in [-0.39, 0.29) is 23.7 Å². The molecule has 2 rings (SSSR count). The fourth-order valence-electron chi connectivity index (χ4n) is 2.50. The van der Waals surface area contributed by atoms with Crippen molar-refractivity contribution in [2.24, 2.45) is 5.92 Å². The van der Waals surface area contributed by atoms with Crippen LogP contribution in [0.1, 0.15) is 26.0 Å². The third-order valence-corrected chi connectivity index (χ3v) is 4.04. The maximum Gasteiger partial charge on any atom is 0.262 e. The number of hydrogen-bond acceptors (Lipinski definition) is 4. The van der Waals surface area contributed by atoms with Crippen LogP contribution in [0.15, 0.2) is 41.3 Å². The number of benzene rings is 1. The van der Waals surface area contributed by atoms with Crippen molar-refractivity contribution in [3.8, 4) is 11.5 Å². The van der Waals surface area contributed by atoms with Gasteiger partial charge in [-0.25, -0.2) is 0 Å². The summed E-state index contributed by atoms with van der Waals surface area (Å²) in [5.41, 5.74) is 1.11. The number of aromatic nitrogens is 1. The average Bonchev–Trinajstić information content (AvgIpc) is 2.61. The van der Waals surface area contributed by atoms with Gasteiger partial charge in [-0.3, -0.25) is 9.59 Å². The lowest BCUT2D eigenvalue weighted by Crippen LogP contribution is -2.23. The van der Waals surface area contributed by atoms with Crippen molar-refractivity contribution >= 4 is 11.6 Å². The number of pyridine rings is 1. The lowest BCUT2D eigenvalue weighted by Gasteiger charge is -2.15. The summed E-state index contributed by atoms with van der Waals surface area (Å²) < 4.78 is 12.6. The van der Waals surface area contributed by atoms with E-state index in [4.69, 9.17) is 9.47 Å². The van der Waals surface area contributed by atoms with E-state index in [0.29, 0.717) is 17.4 Å². The summed E-state index contributed by atoms with van der Waals surface area (Å²) in [7, 11) is 1.56. The monoisotopic (exact) mass is 358 g/mol. The van der Waals surface area contributed by atoms with Gasteiger partial charge in [0, 0.05) is 30.6 Å². The average molecular weight is 358 g/mol. The topological polar surface area (TPSA) is 69.6 Å². The van der Waals surface area contributed by atoms with E-state index in [9.17, 15) is 9.59 Å². The van der Waals surface area contributed by atoms with Crippen molar-refractivity contribution in [2.75, 3.05) is 19.0 Å². The molecule has 0 spiro atoms. The van der Waals surface area contributed by atoms with E-state index in [1.807, 2.05) is 11.5 Å². The van der Waals surface area contributed by atoms with Crippen LogP contribution in [0.5, 0.6) is 11.5 Å². The smallest absolute Gasteiger partial charge is 0.262 e. The quantitative estimate of drug-likeness (QED) is 0.787. The van der Waals surface area contributed by atoms with E-state index in [2.05, 4.69) is 19.2 Å². The number of anilines is 1. The zero-order chi connectivity index (χ0) is 19.1. The van der Waals surface area contributed by atoms with Gasteiger partial charge in [0.25, 0.3) is 5.91 Å². The molecule has 6 nitrogen and oxygen atoms in total. The van der Waals surface area contributed by atoms with Gasteiger partial charge in [-0.1, -0.05) is 19.9 Å². The number of methoxy groups -OCH3 is 1. The predicted molar refractivity (Wildman–Crippen MR) is 102 cm³/mol. The molecular formula is C20H26N2O4. The number of carbonyl (C=O) groups is 1. The molecular weight excluding hydrogens is 332 g/mol. The van der Waals surface area contributed by atoms with Crippen LogP contribution < -0.4 is 20.2 Å². The van der Waals surface area contributed by atoms with Crippen molar-refractivity contribution in [2.45, 2.75) is 33.7 Å². The summed E-state index contributed by atoms with van der Waals surface area (Å²) in [6.07, 6.45) is 2.77. The second-order valence-corrected chi connectivity index (χ2v) is 6.54. The molecule has 1 amide bonds. The second-order valence-electron chi connectivity index (χ2n) is 6.54. The summed E-state index contributed by atoms with van der Waals surface area (Å²) in [4.78, 5) is 24.2. The predicted octanol–water partition coefficient (Wildman–Crippen LogP) is 3.23. The molecule has 0 aliphatic rings. The summed E-state index contributed by atoms with van der Waals surface area (Å²) in [5, 5.41) is 2.73. The normalized spacial score (nSPS) is 10.7. The highest BCUT2D eigenvalue weighted by molar-refractivity contribution is 5.92. The molecule has 1 N–H and O–H groups in total. The van der Waals surface area contributed by atoms with Gasteiger partial charge in [-0.15, -0.1) is 0 Å². The molecule has 0 atom stereocenters. The molecule has 6 heteroatoms. The maximum absolute atomic E-state index is 12.1. The van der Waals surface area contributed by atoms with Gasteiger partial charge in [0.05, 0.1) is 12.8 Å². The van der Waals surface area contributed by atoms with Crippen LogP contribution in [0.4, 0.5) is 5.69 Å². The van der Waals surface area contributed by atoms with E-state index in [1.165, 1.54) is 6.07 Å². The first-order valence-electron chi connectivity index (χ1n) is 8.67. The van der Waals surface area contributed by atoms with Crippen LogP contribution in [0.25, 0.3) is 0 Å². The molecule has 0 aliphatic carbocycles. The summed E-state index contributed by atoms with van der Waals surface area (Å²) in [6.45, 7) is 6.70. The van der Waals surface area contributed by atoms with Crippen LogP contribution in [-0.4, -0.2) is 24.2 Å². The lowest BCUT2D eigenvalue weighted by molar-refractivity contribution is -0.118. The van der Waals surface area contributed by atoms with E-state index in [1.54, 1.807) is 37.6 Å². The Morgan fingerprint density at radius 1 is 1.27 bits per heavy atom. The first-order chi connectivity index (χ1) is 12.4. The molecule has 0 saturated heterocycles. The Hall–Kier alpha value is -2.76. The molecule has 0 unspecified atom stereocenters. The Balaban J connectivity index is 2.02. The Morgan fingerprint density at radius 2 is 2.04 bits per heavy atom. The number of nitrogens with one attached hydrogen (secondary N) is 1. The molecule has 1 aromatic heterocycles. The van der Waals surface area contributed by atoms with Crippen molar-refractivity contribution < 1.29 is 14.3 Å². The molecule has 0 bridgehead atoms. The molecule has 0 fully saturated rings. The van der Waals surface area contributed by atoms with Crippen molar-refractivity contribution in [1.29, 1.82) is 0 Å². The number of nitrogens with zero attached hydrogens (tertiary/aromatic N) is 1. The molecule has 1 heterocycles. The Labute approximate surface area is 153 Å². The minimum atomic E-state index is -0.338. The maximum atomic E-state index is 12.1. The lowest BCUT2D eigenvalue weighted by atomic mass is 10.1. The van der Waals surface area contributed by atoms with Gasteiger partial charge in [0.2, 0.25) is 5.43 Å². The fraction of sp³-hybridized carbons (Fsp3) is 0.400. The third-order valence-electron chi connectivity index (χ3n) is 4.04. The van der Waals surface area contributed by atoms with Crippen LogP contribution >= 0.6 is 0 Å². The SMILES string of the molecule is COc1cccc(NC(=O)COc2c(C)n(CCC(C)C)ccc2=O)c1.